The van der Waals surface area contributed by atoms with Crippen molar-refractivity contribution in [3.63, 3.8) is 0 Å². The Morgan fingerprint density at radius 2 is 1.34 bits per heavy atom. The molecule has 35 heavy (non-hydrogen) atoms. The summed E-state index contributed by atoms with van der Waals surface area (Å²) in [4.78, 5) is 14.5. The van der Waals surface area contributed by atoms with Crippen LogP contribution in [-0.2, 0) is 13.8 Å². The van der Waals surface area contributed by atoms with E-state index >= 15 is 0 Å². The lowest BCUT2D eigenvalue weighted by molar-refractivity contribution is 0.0576. The summed E-state index contributed by atoms with van der Waals surface area (Å²) in [5.74, 6) is 0.445. The zero-order valence-electron chi connectivity index (χ0n) is 19.9. The smallest absolute Gasteiger partial charge is 0.443 e. The molecule has 0 aliphatic carbocycles. The SMILES string of the molecule is C/C=C(\OP(=O)(Oc1ccccc1)Oc1ccccc1)N(C(=O)OC(C)(C)C)c1ccccc1Br. The van der Waals surface area contributed by atoms with Crippen molar-refractivity contribution in [2.45, 2.75) is 33.3 Å². The quantitative estimate of drug-likeness (QED) is 0.204. The third-order valence-electron chi connectivity index (χ3n) is 4.26. The maximum Gasteiger partial charge on any atom is 0.648 e. The monoisotopic (exact) mass is 559 g/mol. The molecule has 0 radical (unpaired) electrons. The maximum absolute atomic E-state index is 14.0. The van der Waals surface area contributed by atoms with E-state index in [4.69, 9.17) is 18.3 Å². The maximum atomic E-state index is 14.0. The number of rotatable bonds is 8. The van der Waals surface area contributed by atoms with Crippen LogP contribution in [0, 0.1) is 0 Å². The van der Waals surface area contributed by atoms with Gasteiger partial charge in [-0.1, -0.05) is 48.5 Å². The van der Waals surface area contributed by atoms with Crippen LogP contribution in [0.3, 0.4) is 0 Å². The summed E-state index contributed by atoms with van der Waals surface area (Å²) in [6.07, 6.45) is 0.752. The normalized spacial score (nSPS) is 12.0. The summed E-state index contributed by atoms with van der Waals surface area (Å²) >= 11 is 3.47. The van der Waals surface area contributed by atoms with Crippen LogP contribution >= 0.6 is 23.8 Å². The fraction of sp³-hybridized carbons (Fsp3) is 0.192. The Bertz CT molecular complexity index is 1170. The fourth-order valence-corrected chi connectivity index (χ4v) is 4.61. The number of hydrogen-bond donors (Lipinski definition) is 0. The van der Waals surface area contributed by atoms with Crippen LogP contribution < -0.4 is 13.9 Å². The number of phosphoric acid groups is 1. The molecule has 0 saturated carbocycles. The van der Waals surface area contributed by atoms with Gasteiger partial charge in [-0.25, -0.2) is 9.69 Å². The minimum atomic E-state index is -4.35. The molecular weight excluding hydrogens is 533 g/mol. The highest BCUT2D eigenvalue weighted by molar-refractivity contribution is 9.10. The van der Waals surface area contributed by atoms with Crippen molar-refractivity contribution in [1.29, 1.82) is 0 Å². The molecule has 0 spiro atoms. The van der Waals surface area contributed by atoms with Crippen LogP contribution in [0.25, 0.3) is 0 Å². The third kappa shape index (κ3) is 7.64. The van der Waals surface area contributed by atoms with Gasteiger partial charge in [0.05, 0.1) is 5.69 Å². The topological polar surface area (TPSA) is 74.3 Å². The Morgan fingerprint density at radius 3 is 1.80 bits per heavy atom. The predicted octanol–water partition coefficient (Wildman–Crippen LogP) is 8.33. The summed E-state index contributed by atoms with van der Waals surface area (Å²) in [5.41, 5.74) is -0.374. The molecule has 0 atom stereocenters. The predicted molar refractivity (Wildman–Crippen MR) is 139 cm³/mol. The lowest BCUT2D eigenvalue weighted by Crippen LogP contribution is -2.37. The van der Waals surface area contributed by atoms with Gasteiger partial charge in [0, 0.05) is 4.47 Å². The van der Waals surface area contributed by atoms with Gasteiger partial charge in [0.1, 0.15) is 17.1 Å². The Labute approximate surface area is 214 Å². The van der Waals surface area contributed by atoms with Gasteiger partial charge in [0.2, 0.25) is 5.88 Å². The highest BCUT2D eigenvalue weighted by Crippen LogP contribution is 2.52. The van der Waals surface area contributed by atoms with E-state index < -0.39 is 19.5 Å². The largest absolute Gasteiger partial charge is 0.648 e. The molecule has 0 unspecified atom stereocenters. The van der Waals surface area contributed by atoms with Gasteiger partial charge in [-0.15, -0.1) is 0 Å². The van der Waals surface area contributed by atoms with Crippen molar-refractivity contribution in [3.8, 4) is 11.5 Å². The van der Waals surface area contributed by atoms with E-state index in [9.17, 15) is 9.36 Å². The zero-order valence-corrected chi connectivity index (χ0v) is 22.4. The average molecular weight is 560 g/mol. The van der Waals surface area contributed by atoms with E-state index in [0.29, 0.717) is 10.2 Å². The molecule has 9 heteroatoms. The number of anilines is 1. The Balaban J connectivity index is 2.03. The Hall–Kier alpha value is -3.22. The summed E-state index contributed by atoms with van der Waals surface area (Å²) in [6.45, 7) is 6.89. The fourth-order valence-electron chi connectivity index (χ4n) is 2.86. The molecule has 0 heterocycles. The zero-order chi connectivity index (χ0) is 25.5. The second kappa shape index (κ2) is 11.5. The van der Waals surface area contributed by atoms with Crippen molar-refractivity contribution in [2.75, 3.05) is 4.90 Å². The van der Waals surface area contributed by atoms with Crippen molar-refractivity contribution >= 4 is 35.5 Å². The first-order valence-electron chi connectivity index (χ1n) is 10.8. The van der Waals surface area contributed by atoms with E-state index in [0.717, 1.165) is 0 Å². The molecule has 7 nitrogen and oxygen atoms in total. The molecule has 184 valence electrons. The number of phosphoric ester groups is 1. The van der Waals surface area contributed by atoms with Crippen molar-refractivity contribution in [2.24, 2.45) is 0 Å². The highest BCUT2D eigenvalue weighted by Gasteiger charge is 2.38. The van der Waals surface area contributed by atoms with Crippen LogP contribution in [-0.4, -0.2) is 11.7 Å². The molecule has 3 aromatic carbocycles. The molecule has 0 saturated heterocycles. The molecule has 0 aliphatic rings. The minimum absolute atomic E-state index is 0.0960. The van der Waals surface area contributed by atoms with Gasteiger partial charge in [-0.05, 0) is 86.1 Å². The van der Waals surface area contributed by atoms with E-state index in [-0.39, 0.29) is 17.4 Å². The highest BCUT2D eigenvalue weighted by atomic mass is 79.9. The minimum Gasteiger partial charge on any atom is -0.443 e. The first-order chi connectivity index (χ1) is 16.6. The first-order valence-corrected chi connectivity index (χ1v) is 13.1. The van der Waals surface area contributed by atoms with Gasteiger partial charge in [0.25, 0.3) is 0 Å². The second-order valence-corrected chi connectivity index (χ2v) is 10.5. The molecular formula is C26H27BrNO6P. The number of halogens is 1. The molecule has 0 aromatic heterocycles. The third-order valence-corrected chi connectivity index (χ3v) is 6.21. The van der Waals surface area contributed by atoms with Crippen LogP contribution in [0.5, 0.6) is 11.5 Å². The van der Waals surface area contributed by atoms with Crippen molar-refractivity contribution in [1.82, 2.24) is 0 Å². The van der Waals surface area contributed by atoms with E-state index in [1.807, 2.05) is 0 Å². The lowest BCUT2D eigenvalue weighted by atomic mass is 10.2. The molecule has 0 fully saturated rings. The molecule has 0 N–H and O–H groups in total. The van der Waals surface area contributed by atoms with Gasteiger partial charge in [-0.3, -0.25) is 0 Å². The van der Waals surface area contributed by atoms with E-state index in [1.54, 1.807) is 113 Å². The second-order valence-electron chi connectivity index (χ2n) is 8.24. The van der Waals surface area contributed by atoms with Gasteiger partial charge < -0.3 is 18.3 Å². The molecule has 3 aromatic rings. The van der Waals surface area contributed by atoms with Crippen LogP contribution in [0.4, 0.5) is 10.5 Å². The van der Waals surface area contributed by atoms with E-state index in [2.05, 4.69) is 15.9 Å². The van der Waals surface area contributed by atoms with Crippen LogP contribution in [0.15, 0.2) is 101 Å². The average Bonchev–Trinajstić information content (AvgIpc) is 2.80. The van der Waals surface area contributed by atoms with Crippen molar-refractivity contribution in [3.05, 3.63) is 101 Å². The number of allylic oxidation sites excluding steroid dienone is 1. The number of carbonyl (C=O) groups excluding carboxylic acids is 1. The summed E-state index contributed by atoms with van der Waals surface area (Å²) in [7, 11) is -4.35. The summed E-state index contributed by atoms with van der Waals surface area (Å²) < 4.78 is 37.5. The number of para-hydroxylation sites is 3. The van der Waals surface area contributed by atoms with Gasteiger partial charge in [0.15, 0.2) is 0 Å². The van der Waals surface area contributed by atoms with Crippen LogP contribution in [0.2, 0.25) is 0 Å². The molecule has 1 amide bonds. The molecule has 3 rings (SSSR count). The first kappa shape index (κ1) is 26.4. The lowest BCUT2D eigenvalue weighted by Gasteiger charge is -2.30. The summed E-state index contributed by atoms with van der Waals surface area (Å²) in [5, 5.41) is 0. The van der Waals surface area contributed by atoms with Gasteiger partial charge in [-0.2, -0.15) is 4.57 Å². The Morgan fingerprint density at radius 1 is 0.857 bits per heavy atom. The number of carbonyl (C=O) groups is 1. The number of amides is 1. The number of ether oxygens (including phenoxy) is 1. The molecule has 0 aliphatic heterocycles. The van der Waals surface area contributed by atoms with Gasteiger partial charge >= 0.3 is 13.9 Å². The molecule has 0 bridgehead atoms. The number of hydrogen-bond acceptors (Lipinski definition) is 6. The van der Waals surface area contributed by atoms with E-state index in [1.165, 1.54) is 11.0 Å². The number of benzene rings is 3. The Kier molecular flexibility index (Phi) is 8.65. The number of nitrogens with zero attached hydrogens (tertiary/aromatic N) is 1. The standard InChI is InChI=1S/C26H27BrNO6P/c1-5-24(28(25(29)31-26(2,3)4)23-19-13-12-18-22(23)27)34-35(30,32-20-14-8-6-9-15-20)33-21-16-10-7-11-17-21/h5-19H,1-4H3/b24-5-. The van der Waals surface area contributed by atoms with Crippen LogP contribution in [0.1, 0.15) is 27.7 Å². The summed E-state index contributed by atoms with van der Waals surface area (Å²) in [6, 6.07) is 24.0. The van der Waals surface area contributed by atoms with Crippen molar-refractivity contribution < 1.29 is 27.7 Å².